The topological polar surface area (TPSA) is 24.4 Å². The zero-order valence-corrected chi connectivity index (χ0v) is 9.82. The maximum atomic E-state index is 13.3. The first kappa shape index (κ1) is 12.2. The van der Waals surface area contributed by atoms with Crippen molar-refractivity contribution in [3.63, 3.8) is 0 Å². The Hall–Kier alpha value is -2.23. The van der Waals surface area contributed by atoms with Gasteiger partial charge in [-0.25, -0.2) is 8.78 Å². The molecule has 0 bridgehead atoms. The largest absolute Gasteiger partial charge is 0.278 e. The third-order valence-electron chi connectivity index (χ3n) is 2.50. The molecule has 2 aromatic carbocycles. The first-order chi connectivity index (χ1) is 8.66. The second kappa shape index (κ2) is 5.40. The standard InChI is InChI=1S/C14H12F2N2/c1-10-4-2-3-5-14(10)18-17-9-11-6-7-12(15)8-13(11)16/h2-9,18H,1H3/b17-9-. The molecule has 0 heterocycles. The number of nitrogens with one attached hydrogen (secondary N) is 1. The van der Waals surface area contributed by atoms with Gasteiger partial charge in [-0.05, 0) is 30.7 Å². The average molecular weight is 246 g/mol. The van der Waals surface area contributed by atoms with Gasteiger partial charge in [-0.2, -0.15) is 5.10 Å². The summed E-state index contributed by atoms with van der Waals surface area (Å²) >= 11 is 0. The molecule has 0 aliphatic heterocycles. The summed E-state index contributed by atoms with van der Waals surface area (Å²) in [5, 5.41) is 3.93. The Bertz CT molecular complexity index is 580. The fraction of sp³-hybridized carbons (Fsp3) is 0.0714. The van der Waals surface area contributed by atoms with E-state index in [4.69, 9.17) is 0 Å². The van der Waals surface area contributed by atoms with Gasteiger partial charge in [0.2, 0.25) is 0 Å². The molecular weight excluding hydrogens is 234 g/mol. The molecule has 2 nitrogen and oxygen atoms in total. The molecule has 0 aliphatic carbocycles. The molecule has 0 spiro atoms. The molecule has 0 aliphatic rings. The number of halogens is 2. The molecule has 18 heavy (non-hydrogen) atoms. The number of nitrogens with zero attached hydrogens (tertiary/aromatic N) is 1. The number of para-hydroxylation sites is 1. The molecule has 1 N–H and O–H groups in total. The molecule has 0 amide bonds. The van der Waals surface area contributed by atoms with Crippen LogP contribution in [0.3, 0.4) is 0 Å². The molecule has 2 aromatic rings. The lowest BCUT2D eigenvalue weighted by molar-refractivity contribution is 0.582. The van der Waals surface area contributed by atoms with Crippen LogP contribution in [-0.4, -0.2) is 6.21 Å². The quantitative estimate of drug-likeness (QED) is 0.647. The van der Waals surface area contributed by atoms with Crippen molar-refractivity contribution in [2.24, 2.45) is 5.10 Å². The predicted octanol–water partition coefficient (Wildman–Crippen LogP) is 3.72. The fourth-order valence-electron chi connectivity index (χ4n) is 1.48. The summed E-state index contributed by atoms with van der Waals surface area (Å²) in [6, 6.07) is 11.0. The van der Waals surface area contributed by atoms with E-state index in [0.29, 0.717) is 0 Å². The van der Waals surface area contributed by atoms with E-state index in [-0.39, 0.29) is 5.56 Å². The number of benzene rings is 2. The van der Waals surface area contributed by atoms with E-state index in [1.807, 2.05) is 31.2 Å². The van der Waals surface area contributed by atoms with Crippen LogP contribution in [0, 0.1) is 18.6 Å². The molecule has 0 saturated heterocycles. The maximum Gasteiger partial charge on any atom is 0.134 e. The van der Waals surface area contributed by atoms with Crippen LogP contribution in [0.2, 0.25) is 0 Å². The number of hydrogen-bond donors (Lipinski definition) is 1. The van der Waals surface area contributed by atoms with Gasteiger partial charge in [-0.15, -0.1) is 0 Å². The van der Waals surface area contributed by atoms with Crippen LogP contribution < -0.4 is 5.43 Å². The summed E-state index contributed by atoms with van der Waals surface area (Å²) in [6.45, 7) is 1.94. The lowest BCUT2D eigenvalue weighted by atomic mass is 10.2. The minimum atomic E-state index is -0.634. The second-order valence-electron chi connectivity index (χ2n) is 3.85. The minimum Gasteiger partial charge on any atom is -0.278 e. The van der Waals surface area contributed by atoms with E-state index in [2.05, 4.69) is 10.5 Å². The molecule has 0 atom stereocenters. The minimum absolute atomic E-state index is 0.234. The maximum absolute atomic E-state index is 13.3. The lowest BCUT2D eigenvalue weighted by Gasteiger charge is -2.03. The van der Waals surface area contributed by atoms with Gasteiger partial charge in [0.15, 0.2) is 0 Å². The van der Waals surface area contributed by atoms with Crippen LogP contribution in [0.1, 0.15) is 11.1 Å². The SMILES string of the molecule is Cc1ccccc1N/N=C\c1ccc(F)cc1F. The fourth-order valence-corrected chi connectivity index (χ4v) is 1.48. The molecule has 0 saturated carbocycles. The van der Waals surface area contributed by atoms with Gasteiger partial charge in [0.1, 0.15) is 11.6 Å². The molecular formula is C14H12F2N2. The van der Waals surface area contributed by atoms with E-state index < -0.39 is 11.6 Å². The van der Waals surface area contributed by atoms with Crippen molar-refractivity contribution in [2.45, 2.75) is 6.92 Å². The van der Waals surface area contributed by atoms with Crippen molar-refractivity contribution in [2.75, 3.05) is 5.43 Å². The van der Waals surface area contributed by atoms with Crippen LogP contribution in [0.5, 0.6) is 0 Å². The molecule has 0 unspecified atom stereocenters. The van der Waals surface area contributed by atoms with Gasteiger partial charge >= 0.3 is 0 Å². The number of hydrazone groups is 1. The highest BCUT2D eigenvalue weighted by Crippen LogP contribution is 2.13. The Morgan fingerprint density at radius 3 is 2.61 bits per heavy atom. The average Bonchev–Trinajstić information content (AvgIpc) is 2.34. The predicted molar refractivity (Wildman–Crippen MR) is 68.8 cm³/mol. The highest BCUT2D eigenvalue weighted by molar-refractivity contribution is 5.80. The number of rotatable bonds is 3. The number of anilines is 1. The van der Waals surface area contributed by atoms with Gasteiger partial charge in [-0.1, -0.05) is 18.2 Å². The molecule has 92 valence electrons. The van der Waals surface area contributed by atoms with Crippen LogP contribution in [0.25, 0.3) is 0 Å². The first-order valence-electron chi connectivity index (χ1n) is 5.46. The Balaban J connectivity index is 2.10. The van der Waals surface area contributed by atoms with Crippen LogP contribution in [-0.2, 0) is 0 Å². The summed E-state index contributed by atoms with van der Waals surface area (Å²) in [5.41, 5.74) is 4.93. The monoisotopic (exact) mass is 246 g/mol. The third-order valence-corrected chi connectivity index (χ3v) is 2.50. The summed E-state index contributed by atoms with van der Waals surface area (Å²) in [5.74, 6) is -1.23. The Kier molecular flexibility index (Phi) is 3.67. The molecule has 2 rings (SSSR count). The highest BCUT2D eigenvalue weighted by Gasteiger charge is 2.00. The van der Waals surface area contributed by atoms with Gasteiger partial charge in [-0.3, -0.25) is 5.43 Å². The third kappa shape index (κ3) is 2.91. The van der Waals surface area contributed by atoms with Gasteiger partial charge in [0, 0.05) is 11.6 Å². The zero-order valence-electron chi connectivity index (χ0n) is 9.82. The smallest absolute Gasteiger partial charge is 0.134 e. The lowest BCUT2D eigenvalue weighted by Crippen LogP contribution is -1.95. The van der Waals surface area contributed by atoms with Gasteiger partial charge in [0.25, 0.3) is 0 Å². The Morgan fingerprint density at radius 1 is 1.11 bits per heavy atom. The van der Waals surface area contributed by atoms with Crippen molar-refractivity contribution < 1.29 is 8.78 Å². The van der Waals surface area contributed by atoms with E-state index in [9.17, 15) is 8.78 Å². The summed E-state index contributed by atoms with van der Waals surface area (Å²) in [7, 11) is 0. The van der Waals surface area contributed by atoms with Crippen molar-refractivity contribution >= 4 is 11.9 Å². The molecule has 4 heteroatoms. The Morgan fingerprint density at radius 2 is 1.89 bits per heavy atom. The number of hydrogen-bond acceptors (Lipinski definition) is 2. The van der Waals surface area contributed by atoms with E-state index in [1.165, 1.54) is 18.3 Å². The Labute approximate surface area is 104 Å². The number of aryl methyl sites for hydroxylation is 1. The summed E-state index contributed by atoms with van der Waals surface area (Å²) < 4.78 is 26.0. The van der Waals surface area contributed by atoms with Crippen LogP contribution >= 0.6 is 0 Å². The summed E-state index contributed by atoms with van der Waals surface area (Å²) in [6.07, 6.45) is 1.32. The van der Waals surface area contributed by atoms with Crippen molar-refractivity contribution in [1.29, 1.82) is 0 Å². The normalized spacial score (nSPS) is 10.8. The van der Waals surface area contributed by atoms with Gasteiger partial charge in [0.05, 0.1) is 11.9 Å². The van der Waals surface area contributed by atoms with Crippen molar-refractivity contribution in [3.8, 4) is 0 Å². The van der Waals surface area contributed by atoms with E-state index in [0.717, 1.165) is 17.3 Å². The summed E-state index contributed by atoms with van der Waals surface area (Å²) in [4.78, 5) is 0. The first-order valence-corrected chi connectivity index (χ1v) is 5.46. The van der Waals surface area contributed by atoms with E-state index >= 15 is 0 Å². The zero-order chi connectivity index (χ0) is 13.0. The second-order valence-corrected chi connectivity index (χ2v) is 3.85. The van der Waals surface area contributed by atoms with Crippen LogP contribution in [0.4, 0.5) is 14.5 Å². The molecule has 0 radical (unpaired) electrons. The van der Waals surface area contributed by atoms with Crippen molar-refractivity contribution in [3.05, 3.63) is 65.2 Å². The molecule has 0 fully saturated rings. The van der Waals surface area contributed by atoms with E-state index in [1.54, 1.807) is 0 Å². The van der Waals surface area contributed by atoms with Crippen molar-refractivity contribution in [1.82, 2.24) is 0 Å². The highest BCUT2D eigenvalue weighted by atomic mass is 19.1. The molecule has 0 aromatic heterocycles. The van der Waals surface area contributed by atoms with Crippen LogP contribution in [0.15, 0.2) is 47.6 Å². The van der Waals surface area contributed by atoms with Gasteiger partial charge < -0.3 is 0 Å².